The van der Waals surface area contributed by atoms with Gasteiger partial charge < -0.3 is 34.1 Å². The van der Waals surface area contributed by atoms with Crippen LogP contribution in [0.1, 0.15) is 18.6 Å². The summed E-state index contributed by atoms with van der Waals surface area (Å²) >= 11 is 0. The highest BCUT2D eigenvalue weighted by molar-refractivity contribution is 6.45. The quantitative estimate of drug-likeness (QED) is 0.304. The van der Waals surface area contributed by atoms with E-state index < -0.39 is 18.0 Å². The van der Waals surface area contributed by atoms with Gasteiger partial charge in [0.1, 0.15) is 5.75 Å². The summed E-state index contributed by atoms with van der Waals surface area (Å²) in [6.45, 7) is 1.20. The summed E-state index contributed by atoms with van der Waals surface area (Å²) in [6, 6.07) is 15.8. The lowest BCUT2D eigenvalue weighted by Crippen LogP contribution is -2.31. The molecule has 0 saturated carbocycles. The van der Waals surface area contributed by atoms with E-state index in [1.165, 1.54) is 47.5 Å². The van der Waals surface area contributed by atoms with E-state index in [0.29, 0.717) is 34.4 Å². The second-order valence-electron chi connectivity index (χ2n) is 7.61. The van der Waals surface area contributed by atoms with Crippen LogP contribution >= 0.6 is 0 Å². The van der Waals surface area contributed by atoms with Gasteiger partial charge in [0.2, 0.25) is 0 Å². The molecule has 0 unspecified atom stereocenters. The Labute approximate surface area is 214 Å². The number of para-hydroxylation sites is 1. The van der Waals surface area contributed by atoms with Crippen LogP contribution in [0.5, 0.6) is 28.7 Å². The van der Waals surface area contributed by atoms with Gasteiger partial charge in [-0.2, -0.15) is 0 Å². The normalized spacial score (nSPS) is 11.8. The lowest BCUT2D eigenvalue weighted by atomic mass is 10.0. The number of esters is 1. The number of aliphatic imine (C=N–C) groups is 1. The van der Waals surface area contributed by atoms with Crippen LogP contribution in [0.2, 0.25) is 0 Å². The van der Waals surface area contributed by atoms with Crippen molar-refractivity contribution in [2.45, 2.75) is 13.0 Å². The molecule has 0 fully saturated rings. The molecule has 10 heteroatoms. The second-order valence-corrected chi connectivity index (χ2v) is 7.61. The Balaban J connectivity index is 2.14. The number of nitrogens with zero attached hydrogens (tertiary/aromatic N) is 1. The summed E-state index contributed by atoms with van der Waals surface area (Å²) in [5.74, 6) is 0.198. The van der Waals surface area contributed by atoms with Crippen molar-refractivity contribution in [2.24, 2.45) is 4.99 Å². The van der Waals surface area contributed by atoms with Crippen LogP contribution in [-0.2, 0) is 14.3 Å². The Morgan fingerprint density at radius 1 is 0.811 bits per heavy atom. The van der Waals surface area contributed by atoms with E-state index in [4.69, 9.17) is 23.7 Å². The molecule has 0 aliphatic heterocycles. The number of rotatable bonds is 10. The van der Waals surface area contributed by atoms with Gasteiger partial charge in [0.05, 0.1) is 34.1 Å². The first-order chi connectivity index (χ1) is 17.8. The smallest absolute Gasteiger partial charge is 0.303 e. The van der Waals surface area contributed by atoms with Crippen molar-refractivity contribution in [3.05, 3.63) is 66.2 Å². The molecule has 37 heavy (non-hydrogen) atoms. The maximum Gasteiger partial charge on any atom is 0.303 e. The largest absolute Gasteiger partial charge is 0.508 e. The predicted octanol–water partition coefficient (Wildman–Crippen LogP) is 4.44. The van der Waals surface area contributed by atoms with Crippen LogP contribution in [0.3, 0.4) is 0 Å². The summed E-state index contributed by atoms with van der Waals surface area (Å²) in [7, 11) is 5.94. The fourth-order valence-corrected chi connectivity index (χ4v) is 3.51. The molecule has 0 aliphatic carbocycles. The molecule has 1 atom stereocenters. The Bertz CT molecular complexity index is 1310. The minimum Gasteiger partial charge on any atom is -0.508 e. The minimum absolute atomic E-state index is 0.173. The average molecular weight is 509 g/mol. The zero-order valence-electron chi connectivity index (χ0n) is 21.1. The van der Waals surface area contributed by atoms with Crippen molar-refractivity contribution >= 4 is 29.0 Å². The molecular formula is C27H28N2O8. The van der Waals surface area contributed by atoms with Crippen molar-refractivity contribution in [3.8, 4) is 28.7 Å². The van der Waals surface area contributed by atoms with E-state index in [2.05, 4.69) is 10.3 Å². The van der Waals surface area contributed by atoms with Gasteiger partial charge in [-0.3, -0.25) is 9.59 Å². The topological polar surface area (TPSA) is 125 Å². The van der Waals surface area contributed by atoms with Gasteiger partial charge in [0, 0.05) is 30.3 Å². The molecule has 194 valence electrons. The Morgan fingerprint density at radius 3 is 2.00 bits per heavy atom. The molecule has 2 N–H and O–H groups in total. The number of phenols is 1. The van der Waals surface area contributed by atoms with E-state index in [0.717, 1.165) is 0 Å². The van der Waals surface area contributed by atoms with Crippen LogP contribution in [0.4, 0.5) is 11.4 Å². The minimum atomic E-state index is -1.33. The second kappa shape index (κ2) is 12.3. The first-order valence-electron chi connectivity index (χ1n) is 11.1. The predicted molar refractivity (Wildman–Crippen MR) is 137 cm³/mol. The number of carbonyl (C=O) groups excluding carboxylic acids is 2. The first kappa shape index (κ1) is 26.9. The molecule has 0 spiro atoms. The van der Waals surface area contributed by atoms with E-state index in [9.17, 15) is 14.7 Å². The maximum absolute atomic E-state index is 13.6. The molecule has 0 aliphatic rings. The van der Waals surface area contributed by atoms with Crippen LogP contribution in [0.25, 0.3) is 0 Å². The zero-order chi connectivity index (χ0) is 26.9. The number of benzene rings is 3. The van der Waals surface area contributed by atoms with Crippen molar-refractivity contribution < 1.29 is 38.4 Å². The molecule has 0 heterocycles. The van der Waals surface area contributed by atoms with Crippen molar-refractivity contribution in [3.63, 3.8) is 0 Å². The molecule has 3 aromatic rings. The van der Waals surface area contributed by atoms with Crippen LogP contribution in [-0.4, -0.2) is 51.1 Å². The highest BCUT2D eigenvalue weighted by Gasteiger charge is 2.30. The monoisotopic (exact) mass is 508 g/mol. The standard InChI is InChI=1S/C27H28N2O8/c1-16(30)37-26(19-8-6-7-9-20(19)31)25(28-17-10-12-21(33-2)23(14-17)35-4)27(32)29-18-11-13-22(34-3)24(15-18)36-5/h6-15,26,31H,1-5H3,(H,29,32)/t26-/m1/s1. The first-order valence-corrected chi connectivity index (χ1v) is 11.1. The zero-order valence-corrected chi connectivity index (χ0v) is 21.1. The fourth-order valence-electron chi connectivity index (χ4n) is 3.51. The summed E-state index contributed by atoms with van der Waals surface area (Å²) in [6.07, 6.45) is -1.33. The Hall–Kier alpha value is -4.73. The maximum atomic E-state index is 13.6. The average Bonchev–Trinajstić information content (AvgIpc) is 2.90. The highest BCUT2D eigenvalue weighted by atomic mass is 16.5. The van der Waals surface area contributed by atoms with Crippen molar-refractivity contribution in [2.75, 3.05) is 33.8 Å². The van der Waals surface area contributed by atoms with Gasteiger partial charge in [-0.05, 0) is 30.3 Å². The van der Waals surface area contributed by atoms with Crippen molar-refractivity contribution in [1.29, 1.82) is 0 Å². The van der Waals surface area contributed by atoms with Gasteiger partial charge in [0.15, 0.2) is 34.8 Å². The third kappa shape index (κ3) is 6.49. The molecular weight excluding hydrogens is 480 g/mol. The summed E-state index contributed by atoms with van der Waals surface area (Å²) in [4.78, 5) is 30.2. The molecule has 1 amide bonds. The third-order valence-corrected chi connectivity index (χ3v) is 5.24. The molecule has 0 bridgehead atoms. The van der Waals surface area contributed by atoms with Gasteiger partial charge in [0.25, 0.3) is 5.91 Å². The van der Waals surface area contributed by atoms with Gasteiger partial charge >= 0.3 is 5.97 Å². The lowest BCUT2D eigenvalue weighted by molar-refractivity contribution is -0.143. The van der Waals surface area contributed by atoms with Gasteiger partial charge in [-0.1, -0.05) is 18.2 Å². The molecule has 0 aromatic heterocycles. The highest BCUT2D eigenvalue weighted by Crippen LogP contribution is 2.34. The molecule has 3 rings (SSSR count). The summed E-state index contributed by atoms with van der Waals surface area (Å²) < 4.78 is 26.7. The molecule has 0 radical (unpaired) electrons. The van der Waals surface area contributed by atoms with Crippen LogP contribution < -0.4 is 24.3 Å². The number of hydrogen-bond donors (Lipinski definition) is 2. The number of ether oxygens (including phenoxy) is 5. The number of nitrogens with one attached hydrogen (secondary N) is 1. The lowest BCUT2D eigenvalue weighted by Gasteiger charge is -2.21. The van der Waals surface area contributed by atoms with E-state index >= 15 is 0 Å². The molecule has 3 aromatic carbocycles. The number of methoxy groups -OCH3 is 4. The Morgan fingerprint density at radius 2 is 1.41 bits per heavy atom. The van der Waals surface area contributed by atoms with E-state index in [1.807, 2.05) is 0 Å². The van der Waals surface area contributed by atoms with Crippen molar-refractivity contribution in [1.82, 2.24) is 0 Å². The van der Waals surface area contributed by atoms with Crippen LogP contribution in [0.15, 0.2) is 65.7 Å². The van der Waals surface area contributed by atoms with Crippen LogP contribution in [0, 0.1) is 0 Å². The van der Waals surface area contributed by atoms with Gasteiger partial charge in [-0.15, -0.1) is 0 Å². The number of aromatic hydroxyl groups is 1. The molecule has 10 nitrogen and oxygen atoms in total. The number of hydrogen-bond acceptors (Lipinski definition) is 9. The summed E-state index contributed by atoms with van der Waals surface area (Å²) in [5, 5.41) is 13.3. The SMILES string of the molecule is COc1ccc(N=C(C(=O)Nc2ccc(OC)c(OC)c2)[C@H](OC(C)=O)c2ccccc2O)cc1OC. The Kier molecular flexibility index (Phi) is 8.93. The van der Waals surface area contributed by atoms with E-state index in [-0.39, 0.29) is 17.0 Å². The fraction of sp³-hybridized carbons (Fsp3) is 0.222. The number of amides is 1. The third-order valence-electron chi connectivity index (χ3n) is 5.24. The van der Waals surface area contributed by atoms with Gasteiger partial charge in [-0.25, -0.2) is 4.99 Å². The number of carbonyl (C=O) groups is 2. The number of anilines is 1. The molecule has 0 saturated heterocycles. The van der Waals surface area contributed by atoms with E-state index in [1.54, 1.807) is 48.5 Å². The summed E-state index contributed by atoms with van der Waals surface area (Å²) in [5.41, 5.74) is 0.683. The number of phenolic OH excluding ortho intramolecular Hbond substituents is 1.